The number of imide groups is 1. The molecule has 0 radical (unpaired) electrons. The fraction of sp³-hybridized carbons (Fsp3) is 0.333. The smallest absolute Gasteiger partial charge is 0.249 e. The van der Waals surface area contributed by atoms with Crippen LogP contribution < -0.4 is 5.32 Å². The molecule has 1 aromatic heterocycles. The molecule has 2 aromatic rings. The number of aryl methyl sites for hydroxylation is 1. The van der Waals surface area contributed by atoms with Crippen LogP contribution in [-0.2, 0) is 14.4 Å². The van der Waals surface area contributed by atoms with E-state index >= 15 is 0 Å². The molecule has 2 heterocycles. The van der Waals surface area contributed by atoms with Crippen LogP contribution in [0.4, 0.5) is 5.13 Å². The van der Waals surface area contributed by atoms with Gasteiger partial charge >= 0.3 is 0 Å². The van der Waals surface area contributed by atoms with Gasteiger partial charge in [0.2, 0.25) is 17.7 Å². The SMILES string of the molecule is Cc1ccc(-c2csc(NC(=O)C(C)N3C(=O)C4CC=CCC4C3=O)n2)cc1. The monoisotopic (exact) mass is 395 g/mol. The molecule has 1 fully saturated rings. The van der Waals surface area contributed by atoms with Gasteiger partial charge in [-0.2, -0.15) is 0 Å². The Labute approximate surface area is 167 Å². The Balaban J connectivity index is 1.46. The van der Waals surface area contributed by atoms with Crippen molar-refractivity contribution in [2.24, 2.45) is 11.8 Å². The van der Waals surface area contributed by atoms with Crippen LogP contribution >= 0.6 is 11.3 Å². The van der Waals surface area contributed by atoms with Crippen molar-refractivity contribution in [3.8, 4) is 11.3 Å². The summed E-state index contributed by atoms with van der Waals surface area (Å²) in [7, 11) is 0. The molecule has 1 saturated heterocycles. The zero-order valence-corrected chi connectivity index (χ0v) is 16.5. The van der Waals surface area contributed by atoms with Crippen molar-refractivity contribution in [3.63, 3.8) is 0 Å². The molecule has 0 spiro atoms. The van der Waals surface area contributed by atoms with Gasteiger partial charge in [0.15, 0.2) is 5.13 Å². The van der Waals surface area contributed by atoms with E-state index in [0.717, 1.165) is 21.7 Å². The number of carbonyl (C=O) groups excluding carboxylic acids is 3. The van der Waals surface area contributed by atoms with Crippen molar-refractivity contribution < 1.29 is 14.4 Å². The maximum Gasteiger partial charge on any atom is 0.249 e. The first kappa shape index (κ1) is 18.6. The molecular formula is C21H21N3O3S. The third kappa shape index (κ3) is 3.26. The molecule has 1 aliphatic heterocycles. The largest absolute Gasteiger partial charge is 0.300 e. The number of hydrogen-bond acceptors (Lipinski definition) is 5. The van der Waals surface area contributed by atoms with E-state index < -0.39 is 11.9 Å². The summed E-state index contributed by atoms with van der Waals surface area (Å²) >= 11 is 1.32. The number of anilines is 1. The van der Waals surface area contributed by atoms with Crippen LogP contribution in [0.2, 0.25) is 0 Å². The van der Waals surface area contributed by atoms with Gasteiger partial charge in [0.05, 0.1) is 17.5 Å². The van der Waals surface area contributed by atoms with Gasteiger partial charge < -0.3 is 5.32 Å². The second-order valence-corrected chi connectivity index (χ2v) is 8.13. The number of hydrogen-bond donors (Lipinski definition) is 1. The second kappa shape index (κ2) is 7.31. The first-order valence-electron chi connectivity index (χ1n) is 9.31. The first-order chi connectivity index (χ1) is 13.5. The predicted molar refractivity (Wildman–Crippen MR) is 108 cm³/mol. The molecule has 1 aromatic carbocycles. The molecule has 3 atom stereocenters. The molecule has 1 aliphatic carbocycles. The van der Waals surface area contributed by atoms with Gasteiger partial charge in [0, 0.05) is 10.9 Å². The summed E-state index contributed by atoms with van der Waals surface area (Å²) in [5, 5.41) is 5.07. The van der Waals surface area contributed by atoms with Crippen LogP contribution in [0.5, 0.6) is 0 Å². The van der Waals surface area contributed by atoms with Gasteiger partial charge in [-0.3, -0.25) is 19.3 Å². The maximum absolute atomic E-state index is 12.7. The summed E-state index contributed by atoms with van der Waals surface area (Å²) in [6.45, 7) is 3.61. The lowest BCUT2D eigenvalue weighted by molar-refractivity contribution is -0.146. The van der Waals surface area contributed by atoms with Crippen LogP contribution in [0.3, 0.4) is 0 Å². The number of rotatable bonds is 4. The van der Waals surface area contributed by atoms with E-state index in [2.05, 4.69) is 10.3 Å². The molecular weight excluding hydrogens is 374 g/mol. The molecule has 3 unspecified atom stereocenters. The van der Waals surface area contributed by atoms with Crippen LogP contribution in [0.25, 0.3) is 11.3 Å². The summed E-state index contributed by atoms with van der Waals surface area (Å²) in [5.74, 6) is -1.57. The van der Waals surface area contributed by atoms with Crippen molar-refractivity contribution in [2.45, 2.75) is 32.7 Å². The Bertz CT molecular complexity index is 938. The fourth-order valence-electron chi connectivity index (χ4n) is 3.72. The van der Waals surface area contributed by atoms with Gasteiger partial charge in [-0.15, -0.1) is 11.3 Å². The van der Waals surface area contributed by atoms with E-state index in [4.69, 9.17) is 0 Å². The number of nitrogens with zero attached hydrogens (tertiary/aromatic N) is 2. The average molecular weight is 395 g/mol. The third-order valence-corrected chi connectivity index (χ3v) is 6.15. The molecule has 3 amide bonds. The minimum Gasteiger partial charge on any atom is -0.300 e. The summed E-state index contributed by atoms with van der Waals surface area (Å²) < 4.78 is 0. The highest BCUT2D eigenvalue weighted by atomic mass is 32.1. The lowest BCUT2D eigenvalue weighted by Crippen LogP contribution is -2.46. The summed E-state index contributed by atoms with van der Waals surface area (Å²) in [5.41, 5.74) is 2.91. The maximum atomic E-state index is 12.7. The number of benzene rings is 1. The van der Waals surface area contributed by atoms with Gasteiger partial charge in [0.25, 0.3) is 0 Å². The van der Waals surface area contributed by atoms with Gasteiger partial charge in [-0.05, 0) is 26.7 Å². The van der Waals surface area contributed by atoms with Gasteiger partial charge in [-0.1, -0.05) is 42.0 Å². The van der Waals surface area contributed by atoms with Crippen LogP contribution in [-0.4, -0.2) is 33.6 Å². The molecule has 0 bridgehead atoms. The lowest BCUT2D eigenvalue weighted by Gasteiger charge is -2.21. The van der Waals surface area contributed by atoms with E-state index in [1.807, 2.05) is 48.7 Å². The third-order valence-electron chi connectivity index (χ3n) is 5.39. The molecule has 4 rings (SSSR count). The van der Waals surface area contributed by atoms with Crippen molar-refractivity contribution >= 4 is 34.2 Å². The quantitative estimate of drug-likeness (QED) is 0.636. The summed E-state index contributed by atoms with van der Waals surface area (Å²) in [4.78, 5) is 43.6. The van der Waals surface area contributed by atoms with Crippen LogP contribution in [0, 0.1) is 18.8 Å². The Morgan fingerprint density at radius 1 is 1.14 bits per heavy atom. The number of allylic oxidation sites excluding steroid dienone is 2. The number of fused-ring (bicyclic) bond motifs is 1. The van der Waals surface area contributed by atoms with E-state index in [1.165, 1.54) is 11.3 Å². The Morgan fingerprint density at radius 3 is 2.36 bits per heavy atom. The molecule has 7 heteroatoms. The lowest BCUT2D eigenvalue weighted by atomic mass is 9.85. The van der Waals surface area contributed by atoms with E-state index in [0.29, 0.717) is 18.0 Å². The Hall–Kier alpha value is -2.80. The van der Waals surface area contributed by atoms with Crippen molar-refractivity contribution in [2.75, 3.05) is 5.32 Å². The number of thiazole rings is 1. The highest BCUT2D eigenvalue weighted by Gasteiger charge is 2.50. The topological polar surface area (TPSA) is 79.4 Å². The fourth-order valence-corrected chi connectivity index (χ4v) is 4.45. The second-order valence-electron chi connectivity index (χ2n) is 7.27. The van der Waals surface area contributed by atoms with Crippen molar-refractivity contribution in [1.82, 2.24) is 9.88 Å². The zero-order chi connectivity index (χ0) is 19.8. The highest BCUT2D eigenvalue weighted by molar-refractivity contribution is 7.14. The van der Waals surface area contributed by atoms with Crippen LogP contribution in [0.15, 0.2) is 41.8 Å². The standard InChI is InChI=1S/C21H21N3O3S/c1-12-7-9-14(10-8-12)17-11-28-21(22-17)23-18(25)13(2)24-19(26)15-5-3-4-6-16(15)20(24)27/h3-4,7-11,13,15-16H,5-6H2,1-2H3,(H,22,23,25). The van der Waals surface area contributed by atoms with Crippen molar-refractivity contribution in [3.05, 3.63) is 47.4 Å². The van der Waals surface area contributed by atoms with E-state index in [-0.39, 0.29) is 23.7 Å². The van der Waals surface area contributed by atoms with Gasteiger partial charge in [0.1, 0.15) is 6.04 Å². The molecule has 1 N–H and O–H groups in total. The average Bonchev–Trinajstić information content (AvgIpc) is 3.25. The number of likely N-dealkylation sites (tertiary alicyclic amines) is 1. The number of amides is 3. The van der Waals surface area contributed by atoms with E-state index in [9.17, 15) is 14.4 Å². The number of aromatic nitrogens is 1. The highest BCUT2D eigenvalue weighted by Crippen LogP contribution is 2.36. The summed E-state index contributed by atoms with van der Waals surface area (Å²) in [6, 6.07) is 7.12. The molecule has 144 valence electrons. The molecule has 2 aliphatic rings. The van der Waals surface area contributed by atoms with Crippen LogP contribution in [0.1, 0.15) is 25.3 Å². The Kier molecular flexibility index (Phi) is 4.85. The molecule has 6 nitrogen and oxygen atoms in total. The molecule has 28 heavy (non-hydrogen) atoms. The summed E-state index contributed by atoms with van der Waals surface area (Å²) in [6.07, 6.45) is 4.99. The minimum atomic E-state index is -0.864. The zero-order valence-electron chi connectivity index (χ0n) is 15.7. The number of carbonyl (C=O) groups is 3. The normalized spacial score (nSPS) is 22.3. The number of nitrogens with one attached hydrogen (secondary N) is 1. The van der Waals surface area contributed by atoms with Gasteiger partial charge in [-0.25, -0.2) is 4.98 Å². The van der Waals surface area contributed by atoms with Crippen molar-refractivity contribution in [1.29, 1.82) is 0 Å². The predicted octanol–water partition coefficient (Wildman–Crippen LogP) is 3.40. The van der Waals surface area contributed by atoms with E-state index in [1.54, 1.807) is 6.92 Å². The molecule has 0 saturated carbocycles. The Morgan fingerprint density at radius 2 is 1.75 bits per heavy atom. The first-order valence-corrected chi connectivity index (χ1v) is 10.2. The minimum absolute atomic E-state index is 0.249.